The van der Waals surface area contributed by atoms with Gasteiger partial charge in [0.1, 0.15) is 0 Å². The summed E-state index contributed by atoms with van der Waals surface area (Å²) in [6, 6.07) is 5.37. The molecule has 0 radical (unpaired) electrons. The summed E-state index contributed by atoms with van der Waals surface area (Å²) in [4.78, 5) is 0.340. The van der Waals surface area contributed by atoms with Crippen LogP contribution in [-0.2, 0) is 22.9 Å². The number of fused-ring (bicyclic) bond motifs is 1. The average molecular weight is 316 g/mol. The molecule has 92 valence electrons. The lowest BCUT2D eigenvalue weighted by molar-refractivity contribution is 0.585. The zero-order chi connectivity index (χ0) is 12.5. The quantitative estimate of drug-likeness (QED) is 0.927. The normalized spacial score (nSPS) is 14.6. The standard InChI is InChI=1S/C12H14BrNO2S/c1-9(13)8-14-17(15,16)12-6-5-10-3-2-4-11(10)7-12/h5-7,14H,1-4,8H2. The van der Waals surface area contributed by atoms with Crippen molar-refractivity contribution in [1.29, 1.82) is 0 Å². The smallest absolute Gasteiger partial charge is 0.207 e. The van der Waals surface area contributed by atoms with E-state index in [1.807, 2.05) is 6.07 Å². The van der Waals surface area contributed by atoms with Gasteiger partial charge >= 0.3 is 0 Å². The minimum absolute atomic E-state index is 0.208. The molecule has 1 aliphatic carbocycles. The topological polar surface area (TPSA) is 46.2 Å². The molecule has 17 heavy (non-hydrogen) atoms. The lowest BCUT2D eigenvalue weighted by atomic mass is 10.1. The highest BCUT2D eigenvalue weighted by atomic mass is 79.9. The Morgan fingerprint density at radius 3 is 2.76 bits per heavy atom. The number of hydrogen-bond acceptors (Lipinski definition) is 2. The first-order chi connectivity index (χ1) is 7.99. The van der Waals surface area contributed by atoms with E-state index in [0.717, 1.165) is 24.8 Å². The minimum Gasteiger partial charge on any atom is -0.207 e. The van der Waals surface area contributed by atoms with Crippen LogP contribution in [0.3, 0.4) is 0 Å². The van der Waals surface area contributed by atoms with Gasteiger partial charge in [-0.25, -0.2) is 13.1 Å². The van der Waals surface area contributed by atoms with E-state index < -0.39 is 10.0 Å². The van der Waals surface area contributed by atoms with Crippen molar-refractivity contribution in [3.8, 4) is 0 Å². The van der Waals surface area contributed by atoms with Crippen LogP contribution in [0.15, 0.2) is 34.2 Å². The predicted octanol–water partition coefficient (Wildman–Crippen LogP) is 2.36. The first kappa shape index (κ1) is 12.8. The van der Waals surface area contributed by atoms with Gasteiger partial charge in [-0.05, 0) is 42.5 Å². The highest BCUT2D eigenvalue weighted by molar-refractivity contribution is 9.11. The second-order valence-electron chi connectivity index (χ2n) is 4.13. The minimum atomic E-state index is -3.42. The fourth-order valence-corrected chi connectivity index (χ4v) is 3.37. The zero-order valence-corrected chi connectivity index (χ0v) is 11.8. The van der Waals surface area contributed by atoms with Crippen molar-refractivity contribution < 1.29 is 8.42 Å². The molecule has 1 aliphatic rings. The van der Waals surface area contributed by atoms with Gasteiger partial charge < -0.3 is 0 Å². The van der Waals surface area contributed by atoms with E-state index in [0.29, 0.717) is 9.38 Å². The van der Waals surface area contributed by atoms with Crippen molar-refractivity contribution >= 4 is 26.0 Å². The lowest BCUT2D eigenvalue weighted by Crippen LogP contribution is -2.24. The maximum atomic E-state index is 12.0. The summed E-state index contributed by atoms with van der Waals surface area (Å²) in [6.07, 6.45) is 3.15. The number of aryl methyl sites for hydroxylation is 2. The van der Waals surface area contributed by atoms with E-state index >= 15 is 0 Å². The first-order valence-electron chi connectivity index (χ1n) is 5.44. The molecule has 0 aromatic heterocycles. The Bertz CT molecular complexity index is 552. The van der Waals surface area contributed by atoms with Gasteiger partial charge in [0.25, 0.3) is 0 Å². The van der Waals surface area contributed by atoms with Crippen LogP contribution in [0.25, 0.3) is 0 Å². The Labute approximate surface area is 110 Å². The molecule has 0 unspecified atom stereocenters. The number of hydrogen-bond donors (Lipinski definition) is 1. The Hall–Kier alpha value is -0.650. The molecule has 1 aromatic rings. The summed E-state index contributed by atoms with van der Waals surface area (Å²) in [5.41, 5.74) is 2.43. The molecule has 0 atom stereocenters. The van der Waals surface area contributed by atoms with Crippen LogP contribution in [0.1, 0.15) is 17.5 Å². The summed E-state index contributed by atoms with van der Waals surface area (Å²) in [6.45, 7) is 3.81. The fraction of sp³-hybridized carbons (Fsp3) is 0.333. The summed E-state index contributed by atoms with van der Waals surface area (Å²) >= 11 is 3.13. The summed E-state index contributed by atoms with van der Waals surface area (Å²) < 4.78 is 27.0. The van der Waals surface area contributed by atoms with Crippen molar-refractivity contribution in [2.75, 3.05) is 6.54 Å². The van der Waals surface area contributed by atoms with Gasteiger partial charge in [0.05, 0.1) is 4.90 Å². The van der Waals surface area contributed by atoms with Gasteiger partial charge in [-0.15, -0.1) is 0 Å². The molecule has 3 nitrogen and oxygen atoms in total. The molecule has 0 amide bonds. The van der Waals surface area contributed by atoms with Crippen LogP contribution in [0.5, 0.6) is 0 Å². The predicted molar refractivity (Wildman–Crippen MR) is 71.7 cm³/mol. The second-order valence-corrected chi connectivity index (χ2v) is 7.01. The molecule has 2 rings (SSSR count). The monoisotopic (exact) mass is 315 g/mol. The molecular formula is C12H14BrNO2S. The molecular weight excluding hydrogens is 302 g/mol. The van der Waals surface area contributed by atoms with Crippen LogP contribution in [-0.4, -0.2) is 15.0 Å². The average Bonchev–Trinajstić information content (AvgIpc) is 2.73. The van der Waals surface area contributed by atoms with Gasteiger partial charge in [-0.1, -0.05) is 28.6 Å². The molecule has 0 saturated heterocycles. The molecule has 0 spiro atoms. The SMILES string of the molecule is C=C(Br)CNS(=O)(=O)c1ccc2c(c1)CCC2. The molecule has 0 aliphatic heterocycles. The Morgan fingerprint density at radius 1 is 1.35 bits per heavy atom. The van der Waals surface area contributed by atoms with Crippen molar-refractivity contribution in [3.05, 3.63) is 40.4 Å². The third kappa shape index (κ3) is 2.97. The first-order valence-corrected chi connectivity index (χ1v) is 7.71. The Balaban J connectivity index is 2.24. The summed E-state index contributed by atoms with van der Waals surface area (Å²) in [5.74, 6) is 0. The van der Waals surface area contributed by atoms with Crippen molar-refractivity contribution in [3.63, 3.8) is 0 Å². The largest absolute Gasteiger partial charge is 0.240 e. The third-order valence-electron chi connectivity index (χ3n) is 2.83. The van der Waals surface area contributed by atoms with Crippen molar-refractivity contribution in [2.45, 2.75) is 24.2 Å². The Kier molecular flexibility index (Phi) is 3.70. The number of nitrogens with one attached hydrogen (secondary N) is 1. The van der Waals surface area contributed by atoms with Crippen LogP contribution in [0.4, 0.5) is 0 Å². The van der Waals surface area contributed by atoms with E-state index in [4.69, 9.17) is 0 Å². The number of sulfonamides is 1. The van der Waals surface area contributed by atoms with Gasteiger partial charge in [0.2, 0.25) is 10.0 Å². The van der Waals surface area contributed by atoms with E-state index in [-0.39, 0.29) is 6.54 Å². The van der Waals surface area contributed by atoms with Crippen LogP contribution >= 0.6 is 15.9 Å². The van der Waals surface area contributed by atoms with Crippen LogP contribution < -0.4 is 4.72 Å². The summed E-state index contributed by atoms with van der Waals surface area (Å²) in [5, 5.41) is 0. The fourth-order valence-electron chi connectivity index (χ4n) is 1.97. The maximum absolute atomic E-state index is 12.0. The zero-order valence-electron chi connectivity index (χ0n) is 9.37. The molecule has 1 N–H and O–H groups in total. The summed E-state index contributed by atoms with van der Waals surface area (Å²) in [7, 11) is -3.42. The van der Waals surface area contributed by atoms with Crippen LogP contribution in [0.2, 0.25) is 0 Å². The molecule has 0 fully saturated rings. The molecule has 0 saturated carbocycles. The number of benzene rings is 1. The highest BCUT2D eigenvalue weighted by Gasteiger charge is 2.17. The van der Waals surface area contributed by atoms with Gasteiger partial charge in [-0.2, -0.15) is 0 Å². The van der Waals surface area contributed by atoms with Crippen molar-refractivity contribution in [2.24, 2.45) is 0 Å². The van der Waals surface area contributed by atoms with Crippen molar-refractivity contribution in [1.82, 2.24) is 4.72 Å². The van der Waals surface area contributed by atoms with E-state index in [9.17, 15) is 8.42 Å². The molecule has 1 aromatic carbocycles. The van der Waals surface area contributed by atoms with Crippen LogP contribution in [0, 0.1) is 0 Å². The van der Waals surface area contributed by atoms with Gasteiger partial charge in [0.15, 0.2) is 0 Å². The molecule has 0 heterocycles. The highest BCUT2D eigenvalue weighted by Crippen LogP contribution is 2.24. The maximum Gasteiger partial charge on any atom is 0.240 e. The molecule has 5 heteroatoms. The van der Waals surface area contributed by atoms with Gasteiger partial charge in [0, 0.05) is 11.0 Å². The lowest BCUT2D eigenvalue weighted by Gasteiger charge is -2.07. The van der Waals surface area contributed by atoms with E-state index in [2.05, 4.69) is 27.2 Å². The van der Waals surface area contributed by atoms with E-state index in [1.54, 1.807) is 12.1 Å². The molecule has 0 bridgehead atoms. The van der Waals surface area contributed by atoms with Gasteiger partial charge in [-0.3, -0.25) is 0 Å². The van der Waals surface area contributed by atoms with E-state index in [1.165, 1.54) is 5.56 Å². The third-order valence-corrected chi connectivity index (χ3v) is 4.51. The Morgan fingerprint density at radius 2 is 2.06 bits per heavy atom. The second kappa shape index (κ2) is 4.92. The number of rotatable bonds is 4. The number of halogens is 1.